The van der Waals surface area contributed by atoms with Gasteiger partial charge in [0, 0.05) is 11.8 Å². The largest absolute Gasteiger partial charge is 0.423 e. The van der Waals surface area contributed by atoms with Gasteiger partial charge in [-0.1, -0.05) is 13.8 Å². The summed E-state index contributed by atoms with van der Waals surface area (Å²) in [6.45, 7) is 4.31. The van der Waals surface area contributed by atoms with E-state index in [1.807, 2.05) is 13.8 Å². The Hall–Kier alpha value is -1.39. The molecule has 1 aromatic heterocycles. The Morgan fingerprint density at radius 1 is 1.53 bits per heavy atom. The van der Waals surface area contributed by atoms with Crippen molar-refractivity contribution in [2.24, 2.45) is 5.92 Å². The van der Waals surface area contributed by atoms with Crippen LogP contribution in [0.25, 0.3) is 0 Å². The predicted octanol–water partition coefficient (Wildman–Crippen LogP) is 1.22. The summed E-state index contributed by atoms with van der Waals surface area (Å²) in [5, 5.41) is 10.5. The van der Waals surface area contributed by atoms with Gasteiger partial charge in [0.2, 0.25) is 17.7 Å². The minimum atomic E-state index is 0.0966. The Balaban J connectivity index is 1.84. The number of nitrogens with one attached hydrogen (secondary N) is 1. The average molecular weight is 209 g/mol. The molecule has 1 fully saturated rings. The van der Waals surface area contributed by atoms with Gasteiger partial charge in [0.1, 0.15) is 0 Å². The summed E-state index contributed by atoms with van der Waals surface area (Å²) in [5.74, 6) is 1.64. The molecule has 1 amide bonds. The molecule has 1 aromatic rings. The highest BCUT2D eigenvalue weighted by Gasteiger charge is 2.29. The quantitative estimate of drug-likeness (QED) is 0.809. The zero-order valence-corrected chi connectivity index (χ0v) is 8.99. The van der Waals surface area contributed by atoms with Crippen LogP contribution in [-0.4, -0.2) is 16.1 Å². The van der Waals surface area contributed by atoms with Crippen LogP contribution < -0.4 is 5.32 Å². The Morgan fingerprint density at radius 3 is 2.80 bits per heavy atom. The number of aromatic nitrogens is 2. The molecule has 1 aliphatic rings. The molecule has 0 unspecified atom stereocenters. The van der Waals surface area contributed by atoms with Crippen LogP contribution in [0.4, 0.5) is 0 Å². The van der Waals surface area contributed by atoms with Crippen molar-refractivity contribution in [2.75, 3.05) is 0 Å². The molecule has 0 bridgehead atoms. The van der Waals surface area contributed by atoms with Crippen molar-refractivity contribution >= 4 is 5.91 Å². The summed E-state index contributed by atoms with van der Waals surface area (Å²) in [4.78, 5) is 11.3. The molecule has 1 saturated carbocycles. The smallest absolute Gasteiger partial charge is 0.235 e. The summed E-state index contributed by atoms with van der Waals surface area (Å²) < 4.78 is 5.36. The number of carbonyl (C=O) groups excluding carboxylic acids is 1. The monoisotopic (exact) mass is 209 g/mol. The zero-order chi connectivity index (χ0) is 10.8. The van der Waals surface area contributed by atoms with Crippen LogP contribution in [0.2, 0.25) is 0 Å². The van der Waals surface area contributed by atoms with E-state index < -0.39 is 0 Å². The molecule has 2 rings (SSSR count). The minimum absolute atomic E-state index is 0.0966. The molecule has 0 aliphatic heterocycles. The first-order valence-corrected chi connectivity index (χ1v) is 5.27. The predicted molar refractivity (Wildman–Crippen MR) is 53.0 cm³/mol. The highest BCUT2D eigenvalue weighted by molar-refractivity contribution is 5.80. The van der Waals surface area contributed by atoms with Gasteiger partial charge in [-0.15, -0.1) is 10.2 Å². The normalized spacial score (nSPS) is 15.7. The molecule has 15 heavy (non-hydrogen) atoms. The Bertz CT molecular complexity index is 355. The first-order valence-electron chi connectivity index (χ1n) is 5.27. The molecule has 5 nitrogen and oxygen atoms in total. The lowest BCUT2D eigenvalue weighted by Gasteiger charge is -1.99. The molecule has 0 atom stereocenters. The molecule has 1 N–H and O–H groups in total. The van der Waals surface area contributed by atoms with Gasteiger partial charge in [-0.05, 0) is 12.8 Å². The third kappa shape index (κ3) is 2.55. The Kier molecular flexibility index (Phi) is 2.70. The fourth-order valence-electron chi connectivity index (χ4n) is 1.22. The van der Waals surface area contributed by atoms with Crippen LogP contribution in [0, 0.1) is 5.92 Å². The molecule has 0 radical (unpaired) electrons. The molecule has 5 heteroatoms. The SMILES string of the molecule is CC(C)c1nnc(CNC(=O)C2CC2)o1. The number of nitrogens with zero attached hydrogens (tertiary/aromatic N) is 2. The van der Waals surface area contributed by atoms with Crippen LogP contribution in [0.1, 0.15) is 44.4 Å². The van der Waals surface area contributed by atoms with E-state index in [4.69, 9.17) is 4.42 Å². The maximum atomic E-state index is 11.3. The molecular formula is C10H15N3O2. The van der Waals surface area contributed by atoms with E-state index in [-0.39, 0.29) is 17.7 Å². The number of carbonyl (C=O) groups is 1. The van der Waals surface area contributed by atoms with Gasteiger partial charge in [-0.3, -0.25) is 4.79 Å². The van der Waals surface area contributed by atoms with Crippen LogP contribution >= 0.6 is 0 Å². The first kappa shape index (κ1) is 10.1. The van der Waals surface area contributed by atoms with Crippen molar-refractivity contribution < 1.29 is 9.21 Å². The maximum Gasteiger partial charge on any atom is 0.235 e. The van der Waals surface area contributed by atoms with Crippen molar-refractivity contribution in [3.05, 3.63) is 11.8 Å². The first-order chi connectivity index (χ1) is 7.16. The standard InChI is InChI=1S/C10H15N3O2/c1-6(2)10-13-12-8(15-10)5-11-9(14)7-3-4-7/h6-7H,3-5H2,1-2H3,(H,11,14). The van der Waals surface area contributed by atoms with E-state index in [1.54, 1.807) is 0 Å². The minimum Gasteiger partial charge on any atom is -0.423 e. The lowest BCUT2D eigenvalue weighted by Crippen LogP contribution is -2.24. The van der Waals surface area contributed by atoms with Crippen LogP contribution in [0.3, 0.4) is 0 Å². The molecule has 1 heterocycles. The fraction of sp³-hybridized carbons (Fsp3) is 0.700. The summed E-state index contributed by atoms with van der Waals surface area (Å²) in [7, 11) is 0. The highest BCUT2D eigenvalue weighted by atomic mass is 16.4. The van der Waals surface area contributed by atoms with Gasteiger partial charge in [0.25, 0.3) is 0 Å². The van der Waals surface area contributed by atoms with E-state index >= 15 is 0 Å². The number of rotatable bonds is 4. The fourth-order valence-corrected chi connectivity index (χ4v) is 1.22. The van der Waals surface area contributed by atoms with Gasteiger partial charge in [0.15, 0.2) is 0 Å². The van der Waals surface area contributed by atoms with Gasteiger partial charge in [-0.2, -0.15) is 0 Å². The average Bonchev–Trinajstić information content (AvgIpc) is 2.93. The Labute approximate surface area is 88.3 Å². The second-order valence-electron chi connectivity index (χ2n) is 4.18. The molecule has 1 aliphatic carbocycles. The van der Waals surface area contributed by atoms with E-state index in [9.17, 15) is 4.79 Å². The number of amides is 1. The lowest BCUT2D eigenvalue weighted by molar-refractivity contribution is -0.122. The maximum absolute atomic E-state index is 11.3. The van der Waals surface area contributed by atoms with E-state index in [0.29, 0.717) is 18.3 Å². The van der Waals surface area contributed by atoms with Gasteiger partial charge >= 0.3 is 0 Å². The summed E-state index contributed by atoms with van der Waals surface area (Å²) in [6.07, 6.45) is 2.01. The van der Waals surface area contributed by atoms with Crippen molar-refractivity contribution in [3.63, 3.8) is 0 Å². The summed E-state index contributed by atoms with van der Waals surface area (Å²) in [5.41, 5.74) is 0. The third-order valence-corrected chi connectivity index (χ3v) is 2.34. The lowest BCUT2D eigenvalue weighted by atomic mass is 10.2. The van der Waals surface area contributed by atoms with E-state index in [0.717, 1.165) is 12.8 Å². The van der Waals surface area contributed by atoms with Crippen molar-refractivity contribution in [1.29, 1.82) is 0 Å². The van der Waals surface area contributed by atoms with Crippen LogP contribution in [-0.2, 0) is 11.3 Å². The zero-order valence-electron chi connectivity index (χ0n) is 8.99. The third-order valence-electron chi connectivity index (χ3n) is 2.34. The van der Waals surface area contributed by atoms with Gasteiger partial charge in [-0.25, -0.2) is 0 Å². The van der Waals surface area contributed by atoms with E-state index in [1.165, 1.54) is 0 Å². The highest BCUT2D eigenvalue weighted by Crippen LogP contribution is 2.28. The van der Waals surface area contributed by atoms with Crippen LogP contribution in [0.15, 0.2) is 4.42 Å². The molecule has 82 valence electrons. The summed E-state index contributed by atoms with van der Waals surface area (Å²) in [6, 6.07) is 0. The van der Waals surface area contributed by atoms with Crippen molar-refractivity contribution in [2.45, 2.75) is 39.2 Å². The molecule has 0 saturated heterocycles. The number of hydrogen-bond acceptors (Lipinski definition) is 4. The molecule has 0 spiro atoms. The van der Waals surface area contributed by atoms with Crippen molar-refractivity contribution in [1.82, 2.24) is 15.5 Å². The van der Waals surface area contributed by atoms with E-state index in [2.05, 4.69) is 15.5 Å². The molecule has 0 aromatic carbocycles. The van der Waals surface area contributed by atoms with Gasteiger partial charge < -0.3 is 9.73 Å². The second kappa shape index (κ2) is 4.00. The second-order valence-corrected chi connectivity index (χ2v) is 4.18. The van der Waals surface area contributed by atoms with Gasteiger partial charge in [0.05, 0.1) is 6.54 Å². The topological polar surface area (TPSA) is 68.0 Å². The summed E-state index contributed by atoms with van der Waals surface area (Å²) >= 11 is 0. The van der Waals surface area contributed by atoms with Crippen molar-refractivity contribution in [3.8, 4) is 0 Å². The number of hydrogen-bond donors (Lipinski definition) is 1. The molecular weight excluding hydrogens is 194 g/mol. The van der Waals surface area contributed by atoms with Crippen LogP contribution in [0.5, 0.6) is 0 Å². The Morgan fingerprint density at radius 2 is 2.27 bits per heavy atom.